The minimum Gasteiger partial charge on any atom is -0.457 e. The molecule has 2 fully saturated rings. The van der Waals surface area contributed by atoms with Gasteiger partial charge in [-0.15, -0.1) is 4.89 Å². The van der Waals surface area contributed by atoms with Crippen LogP contribution in [0.3, 0.4) is 0 Å². The Morgan fingerprint density at radius 1 is 0.627 bits per heavy atom. The van der Waals surface area contributed by atoms with Crippen LogP contribution in [0.1, 0.15) is 56.9 Å². The van der Waals surface area contributed by atoms with Crippen LogP contribution in [0, 0.1) is 0 Å². The van der Waals surface area contributed by atoms with Gasteiger partial charge in [0.05, 0.1) is 39.6 Å². The van der Waals surface area contributed by atoms with Gasteiger partial charge in [-0.05, 0) is 40.4 Å². The van der Waals surface area contributed by atoms with Crippen LogP contribution in [0.2, 0.25) is 18.1 Å². The average Bonchev–Trinajstić information content (AvgIpc) is 3.28. The highest BCUT2D eigenvalue weighted by molar-refractivity contribution is 7.32. The van der Waals surface area contributed by atoms with Crippen LogP contribution in [0.25, 0.3) is 0 Å². The summed E-state index contributed by atoms with van der Waals surface area (Å²) in [6.07, 6.45) is -10.4. The first-order valence-corrected chi connectivity index (χ1v) is 26.6. The molecule has 0 aromatic heterocycles. The first-order chi connectivity index (χ1) is 32.1. The molecular formula is C50H65NO14PSi+. The molecule has 2 heterocycles. The minimum absolute atomic E-state index is 0.00643. The molecule has 2 N–H and O–H groups in total. The second kappa shape index (κ2) is 24.8. The average molecular weight is 963 g/mol. The van der Waals surface area contributed by atoms with Crippen molar-refractivity contribution in [3.05, 3.63) is 144 Å². The number of carbonyl (C=O) groups excluding carboxylic acids is 2. The van der Waals surface area contributed by atoms with Crippen LogP contribution >= 0.6 is 8.25 Å². The molecule has 2 aliphatic heterocycles. The summed E-state index contributed by atoms with van der Waals surface area (Å²) < 4.78 is 78.0. The Bertz CT molecular complexity index is 2130. The van der Waals surface area contributed by atoms with E-state index in [-0.39, 0.29) is 44.7 Å². The fourth-order valence-electron chi connectivity index (χ4n) is 7.67. The van der Waals surface area contributed by atoms with Crippen molar-refractivity contribution in [3.8, 4) is 0 Å². The van der Waals surface area contributed by atoms with Crippen LogP contribution < -0.4 is 5.32 Å². The lowest BCUT2D eigenvalue weighted by molar-refractivity contribution is -0.350. The van der Waals surface area contributed by atoms with Crippen LogP contribution in [-0.2, 0) is 87.4 Å². The van der Waals surface area contributed by atoms with Crippen molar-refractivity contribution >= 4 is 28.4 Å². The number of rotatable bonds is 22. The third-order valence-electron chi connectivity index (χ3n) is 12.0. The molecule has 0 aliphatic carbocycles. The molecule has 1 amide bonds. The summed E-state index contributed by atoms with van der Waals surface area (Å²) in [5.41, 5.74) is 3.45. The number of hydrogen-bond donors (Lipinski definition) is 2. The van der Waals surface area contributed by atoms with E-state index in [4.69, 9.17) is 46.8 Å². The van der Waals surface area contributed by atoms with Gasteiger partial charge in [-0.1, -0.05) is 147 Å². The molecule has 0 saturated carbocycles. The largest absolute Gasteiger partial charge is 0.697 e. The number of amides is 1. The second-order valence-electron chi connectivity index (χ2n) is 18.2. The highest BCUT2D eigenvalue weighted by Gasteiger charge is 2.57. The van der Waals surface area contributed by atoms with E-state index >= 15 is 0 Å². The zero-order chi connectivity index (χ0) is 48.0. The molecule has 2 saturated heterocycles. The van der Waals surface area contributed by atoms with E-state index < -0.39 is 89.8 Å². The van der Waals surface area contributed by atoms with Crippen molar-refractivity contribution in [2.75, 3.05) is 13.2 Å². The maximum atomic E-state index is 13.3. The Balaban J connectivity index is 1.44. The van der Waals surface area contributed by atoms with Gasteiger partial charge in [0.1, 0.15) is 42.7 Å². The molecule has 362 valence electrons. The van der Waals surface area contributed by atoms with Crippen molar-refractivity contribution in [1.82, 2.24) is 5.32 Å². The highest BCUT2D eigenvalue weighted by Crippen LogP contribution is 2.42. The molecule has 1 unspecified atom stereocenters. The van der Waals surface area contributed by atoms with Crippen LogP contribution in [-0.4, -0.2) is 99.7 Å². The van der Waals surface area contributed by atoms with Crippen molar-refractivity contribution in [3.63, 3.8) is 0 Å². The molecular weight excluding hydrogens is 898 g/mol. The molecule has 0 spiro atoms. The molecule has 6 rings (SSSR count). The SMILES string of the molecule is CC(=O)N[C@H]1[C@H](O[C@H]2[C@@H](OCc3ccccc3)[C@@H](COCc3ccccc3)O[C@H](O[P+](=O)O)[C@@H]2OCc2ccccc2)O[C@H](COCc2ccccc2)[C@@H](O[Si](C)(C)C(C)(C)C)[C@@H]1OC(C)=O. The summed E-state index contributed by atoms with van der Waals surface area (Å²) in [7, 11) is -5.91. The number of benzene rings is 4. The fourth-order valence-corrected chi connectivity index (χ4v) is 9.34. The number of hydrogen-bond acceptors (Lipinski definition) is 13. The zero-order valence-electron chi connectivity index (χ0n) is 39.3. The molecule has 0 radical (unpaired) electrons. The Morgan fingerprint density at radius 2 is 1.06 bits per heavy atom. The lowest BCUT2D eigenvalue weighted by Crippen LogP contribution is -2.70. The predicted molar refractivity (Wildman–Crippen MR) is 251 cm³/mol. The number of carbonyl (C=O) groups is 2. The third kappa shape index (κ3) is 15.4. The van der Waals surface area contributed by atoms with E-state index in [1.807, 2.05) is 121 Å². The van der Waals surface area contributed by atoms with Gasteiger partial charge in [-0.3, -0.25) is 9.59 Å². The van der Waals surface area contributed by atoms with E-state index in [1.165, 1.54) is 13.8 Å². The molecule has 0 bridgehead atoms. The van der Waals surface area contributed by atoms with E-state index in [9.17, 15) is 19.0 Å². The maximum Gasteiger partial charge on any atom is 0.697 e. The Morgan fingerprint density at radius 3 is 1.49 bits per heavy atom. The summed E-state index contributed by atoms with van der Waals surface area (Å²) >= 11 is 0. The van der Waals surface area contributed by atoms with Gasteiger partial charge in [0, 0.05) is 18.4 Å². The quantitative estimate of drug-likeness (QED) is 0.0441. The number of esters is 1. The summed E-state index contributed by atoms with van der Waals surface area (Å²) in [5.74, 6) is -1.08. The summed E-state index contributed by atoms with van der Waals surface area (Å²) in [6, 6.07) is 36.9. The van der Waals surface area contributed by atoms with Gasteiger partial charge in [-0.2, -0.15) is 0 Å². The fraction of sp³-hybridized carbons (Fsp3) is 0.480. The van der Waals surface area contributed by atoms with Gasteiger partial charge in [0.25, 0.3) is 0 Å². The van der Waals surface area contributed by atoms with Crippen molar-refractivity contribution in [1.29, 1.82) is 0 Å². The second-order valence-corrected chi connectivity index (χ2v) is 23.6. The van der Waals surface area contributed by atoms with E-state index in [0.717, 1.165) is 22.3 Å². The first-order valence-electron chi connectivity index (χ1n) is 22.5. The van der Waals surface area contributed by atoms with Crippen molar-refractivity contribution < 1.29 is 65.9 Å². The normalized spacial score (nSPS) is 25.8. The molecule has 17 heteroatoms. The third-order valence-corrected chi connectivity index (χ3v) is 16.9. The summed E-state index contributed by atoms with van der Waals surface area (Å²) in [4.78, 5) is 36.7. The Labute approximate surface area is 395 Å². The minimum atomic E-state index is -3.25. The lowest BCUT2D eigenvalue weighted by Gasteiger charge is -2.51. The van der Waals surface area contributed by atoms with Gasteiger partial charge < -0.3 is 47.6 Å². The smallest absolute Gasteiger partial charge is 0.457 e. The van der Waals surface area contributed by atoms with E-state index in [1.54, 1.807) is 0 Å². The molecule has 4 aromatic carbocycles. The zero-order valence-corrected chi connectivity index (χ0v) is 41.2. The maximum absolute atomic E-state index is 13.3. The van der Waals surface area contributed by atoms with Gasteiger partial charge in [0.15, 0.2) is 20.7 Å². The monoisotopic (exact) mass is 962 g/mol. The lowest BCUT2D eigenvalue weighted by atomic mass is 9.94. The van der Waals surface area contributed by atoms with Crippen LogP contribution in [0.5, 0.6) is 0 Å². The van der Waals surface area contributed by atoms with Gasteiger partial charge >= 0.3 is 14.2 Å². The number of nitrogens with one attached hydrogen (secondary N) is 1. The van der Waals surface area contributed by atoms with Crippen molar-refractivity contribution in [2.24, 2.45) is 0 Å². The molecule has 2 aliphatic rings. The highest BCUT2D eigenvalue weighted by atomic mass is 31.1. The first kappa shape index (κ1) is 52.1. The number of ether oxygens (including phenoxy) is 8. The summed E-state index contributed by atoms with van der Waals surface area (Å²) in [5, 5.41) is 2.68. The van der Waals surface area contributed by atoms with E-state index in [2.05, 4.69) is 39.2 Å². The van der Waals surface area contributed by atoms with Gasteiger partial charge in [0.2, 0.25) is 12.2 Å². The molecule has 67 heavy (non-hydrogen) atoms. The standard InChI is InChI=1S/C50H64NO14PSi/c1-34(52)51-42-45(60-35(2)53)44(65-67(6,7)50(3,4)5)41(33-57-29-37-22-14-9-15-23-37)61-48(42)63-46-43(58-30-38-24-16-10-17-25-38)40(32-56-28-36-20-12-8-13-21-36)62-49(64-66(54)55)47(46)59-31-39-26-18-11-19-27-39/h8-27,40-49H,28-33H2,1-7H3,(H-,51,52,54,55)/p+1/t40-,41-,42-,43+,44-,45-,46+,47-,48+,49-/m1/s1. The summed E-state index contributed by atoms with van der Waals surface area (Å²) in [6.45, 7) is 13.5. The Hall–Kier alpha value is -4.26. The predicted octanol–water partition coefficient (Wildman–Crippen LogP) is 7.92. The topological polar surface area (TPSA) is 176 Å². The molecule has 15 nitrogen and oxygen atoms in total. The van der Waals surface area contributed by atoms with Crippen LogP contribution in [0.15, 0.2) is 121 Å². The Kier molecular flexibility index (Phi) is 19.3. The molecule has 11 atom stereocenters. The van der Waals surface area contributed by atoms with Gasteiger partial charge in [-0.25, -0.2) is 0 Å². The molecule has 4 aromatic rings. The van der Waals surface area contributed by atoms with E-state index in [0.29, 0.717) is 0 Å². The van der Waals surface area contributed by atoms with Crippen molar-refractivity contribution in [2.45, 2.75) is 141 Å². The van der Waals surface area contributed by atoms with Crippen LogP contribution in [0.4, 0.5) is 0 Å².